The van der Waals surface area contributed by atoms with Crippen molar-refractivity contribution in [1.29, 1.82) is 0 Å². The van der Waals surface area contributed by atoms with Crippen molar-refractivity contribution < 1.29 is 9.21 Å². The molecule has 0 aliphatic carbocycles. The van der Waals surface area contributed by atoms with Gasteiger partial charge in [-0.05, 0) is 47.0 Å². The molecule has 1 N–H and O–H groups in total. The maximum atomic E-state index is 11.7. The second kappa shape index (κ2) is 7.09. The molecule has 112 valence electrons. The van der Waals surface area contributed by atoms with E-state index in [4.69, 9.17) is 4.42 Å². The van der Waals surface area contributed by atoms with Crippen LogP contribution in [0.1, 0.15) is 17.7 Å². The standard InChI is InChI=1S/C18H17NO2S/c20-18(8-7-14-9-11-22-13-14)19-10-3-5-16-12-15-4-1-2-6-17(15)21-16/h1-2,4,6-9,11-13H,3,5,10H2,(H,19,20)/b8-7+. The number of hydrogen-bond donors (Lipinski definition) is 1. The molecule has 0 spiro atoms. The van der Waals surface area contributed by atoms with Crippen molar-refractivity contribution in [3.63, 3.8) is 0 Å². The van der Waals surface area contributed by atoms with Gasteiger partial charge < -0.3 is 9.73 Å². The maximum absolute atomic E-state index is 11.7. The van der Waals surface area contributed by atoms with E-state index in [1.54, 1.807) is 17.4 Å². The smallest absolute Gasteiger partial charge is 0.243 e. The summed E-state index contributed by atoms with van der Waals surface area (Å²) in [7, 11) is 0. The Kier molecular flexibility index (Phi) is 4.71. The number of thiophene rings is 1. The zero-order valence-corrected chi connectivity index (χ0v) is 12.9. The molecule has 0 unspecified atom stereocenters. The highest BCUT2D eigenvalue weighted by molar-refractivity contribution is 7.08. The fourth-order valence-electron chi connectivity index (χ4n) is 2.23. The molecule has 0 aliphatic rings. The number of nitrogens with one attached hydrogen (secondary N) is 1. The van der Waals surface area contributed by atoms with Gasteiger partial charge in [0.2, 0.25) is 5.91 Å². The zero-order valence-electron chi connectivity index (χ0n) is 12.1. The maximum Gasteiger partial charge on any atom is 0.243 e. The summed E-state index contributed by atoms with van der Waals surface area (Å²) in [6.07, 6.45) is 5.08. The lowest BCUT2D eigenvalue weighted by molar-refractivity contribution is -0.116. The van der Waals surface area contributed by atoms with Crippen molar-refractivity contribution in [1.82, 2.24) is 5.32 Å². The topological polar surface area (TPSA) is 42.2 Å². The van der Waals surface area contributed by atoms with E-state index in [2.05, 4.69) is 11.4 Å². The first-order chi connectivity index (χ1) is 10.8. The highest BCUT2D eigenvalue weighted by Crippen LogP contribution is 2.19. The number of aryl methyl sites for hydroxylation is 1. The van der Waals surface area contributed by atoms with Crippen LogP contribution in [0.5, 0.6) is 0 Å². The van der Waals surface area contributed by atoms with Crippen molar-refractivity contribution in [3.05, 3.63) is 64.6 Å². The van der Waals surface area contributed by atoms with Crippen LogP contribution in [0.4, 0.5) is 0 Å². The lowest BCUT2D eigenvalue weighted by atomic mass is 10.2. The molecule has 0 atom stereocenters. The first-order valence-corrected chi connectivity index (χ1v) is 8.21. The summed E-state index contributed by atoms with van der Waals surface area (Å²) in [5, 5.41) is 8.01. The van der Waals surface area contributed by atoms with Crippen LogP contribution in [0.15, 0.2) is 57.7 Å². The van der Waals surface area contributed by atoms with E-state index in [9.17, 15) is 4.79 Å². The van der Waals surface area contributed by atoms with E-state index in [1.165, 1.54) is 0 Å². The van der Waals surface area contributed by atoms with Gasteiger partial charge in [-0.25, -0.2) is 0 Å². The fraction of sp³-hybridized carbons (Fsp3) is 0.167. The summed E-state index contributed by atoms with van der Waals surface area (Å²) in [4.78, 5) is 11.7. The zero-order chi connectivity index (χ0) is 15.2. The quantitative estimate of drug-likeness (QED) is 0.546. The number of fused-ring (bicyclic) bond motifs is 1. The van der Waals surface area contributed by atoms with E-state index in [1.807, 2.05) is 47.2 Å². The Balaban J connectivity index is 1.42. The molecule has 4 heteroatoms. The molecule has 1 aromatic carbocycles. The highest BCUT2D eigenvalue weighted by Gasteiger charge is 2.03. The molecule has 3 rings (SSSR count). The number of carbonyl (C=O) groups is 1. The van der Waals surface area contributed by atoms with Crippen LogP contribution in [0.3, 0.4) is 0 Å². The average Bonchev–Trinajstić information content (AvgIpc) is 3.18. The van der Waals surface area contributed by atoms with E-state index < -0.39 is 0 Å². The van der Waals surface area contributed by atoms with Crippen molar-refractivity contribution in [2.75, 3.05) is 6.54 Å². The normalized spacial score (nSPS) is 11.3. The van der Waals surface area contributed by atoms with Crippen LogP contribution in [0, 0.1) is 0 Å². The van der Waals surface area contributed by atoms with Crippen molar-refractivity contribution >= 4 is 34.3 Å². The van der Waals surface area contributed by atoms with E-state index in [-0.39, 0.29) is 5.91 Å². The number of amides is 1. The van der Waals surface area contributed by atoms with Crippen LogP contribution >= 0.6 is 11.3 Å². The number of carbonyl (C=O) groups excluding carboxylic acids is 1. The SMILES string of the molecule is O=C(/C=C/c1ccsc1)NCCCc1cc2ccccc2o1. The number of furan rings is 1. The third-order valence-corrected chi connectivity index (χ3v) is 4.05. The minimum Gasteiger partial charge on any atom is -0.461 e. The van der Waals surface area contributed by atoms with Crippen molar-refractivity contribution in [2.45, 2.75) is 12.8 Å². The summed E-state index contributed by atoms with van der Waals surface area (Å²) >= 11 is 1.62. The molecule has 22 heavy (non-hydrogen) atoms. The predicted molar refractivity (Wildman–Crippen MR) is 90.9 cm³/mol. The van der Waals surface area contributed by atoms with Crippen molar-refractivity contribution in [3.8, 4) is 0 Å². The minimum absolute atomic E-state index is 0.0594. The molecule has 0 saturated carbocycles. The Morgan fingerprint density at radius 1 is 1.27 bits per heavy atom. The Hall–Kier alpha value is -2.33. The second-order valence-corrected chi connectivity index (χ2v) is 5.82. The van der Waals surface area contributed by atoms with Crippen LogP contribution in [-0.2, 0) is 11.2 Å². The Bertz CT molecular complexity index is 738. The lowest BCUT2D eigenvalue weighted by Gasteiger charge is -2.00. The fourth-order valence-corrected chi connectivity index (χ4v) is 2.86. The monoisotopic (exact) mass is 311 g/mol. The molecule has 0 bridgehead atoms. The lowest BCUT2D eigenvalue weighted by Crippen LogP contribution is -2.22. The molecular weight excluding hydrogens is 294 g/mol. The van der Waals surface area contributed by atoms with E-state index >= 15 is 0 Å². The molecule has 0 radical (unpaired) electrons. The number of rotatable bonds is 6. The van der Waals surface area contributed by atoms with Crippen molar-refractivity contribution in [2.24, 2.45) is 0 Å². The summed E-state index contributed by atoms with van der Waals surface area (Å²) in [5.74, 6) is 0.903. The van der Waals surface area contributed by atoms with Crippen LogP contribution in [-0.4, -0.2) is 12.5 Å². The van der Waals surface area contributed by atoms with Crippen LogP contribution in [0.2, 0.25) is 0 Å². The Morgan fingerprint density at radius 3 is 3.00 bits per heavy atom. The summed E-state index contributed by atoms with van der Waals surface area (Å²) in [6.45, 7) is 0.643. The van der Waals surface area contributed by atoms with Gasteiger partial charge in [0.05, 0.1) is 0 Å². The first kappa shape index (κ1) is 14.6. The van der Waals surface area contributed by atoms with Gasteiger partial charge in [-0.2, -0.15) is 11.3 Å². The van der Waals surface area contributed by atoms with Gasteiger partial charge in [0, 0.05) is 24.4 Å². The van der Waals surface area contributed by atoms with E-state index in [0.29, 0.717) is 6.54 Å². The molecule has 0 saturated heterocycles. The van der Waals surface area contributed by atoms with Gasteiger partial charge in [0.15, 0.2) is 0 Å². The Morgan fingerprint density at radius 2 is 2.18 bits per heavy atom. The molecule has 3 aromatic rings. The van der Waals surface area contributed by atoms with Crippen LogP contribution < -0.4 is 5.32 Å². The van der Waals surface area contributed by atoms with Gasteiger partial charge in [-0.3, -0.25) is 4.79 Å². The molecule has 3 nitrogen and oxygen atoms in total. The highest BCUT2D eigenvalue weighted by atomic mass is 32.1. The van der Waals surface area contributed by atoms with Gasteiger partial charge >= 0.3 is 0 Å². The Labute approximate surface area is 133 Å². The molecular formula is C18H17NO2S. The number of hydrogen-bond acceptors (Lipinski definition) is 3. The van der Waals surface area contributed by atoms with E-state index in [0.717, 1.165) is 35.1 Å². The van der Waals surface area contributed by atoms with Crippen LogP contribution in [0.25, 0.3) is 17.0 Å². The number of benzene rings is 1. The molecule has 0 aliphatic heterocycles. The first-order valence-electron chi connectivity index (χ1n) is 7.27. The third kappa shape index (κ3) is 3.86. The summed E-state index contributed by atoms with van der Waals surface area (Å²) in [5.41, 5.74) is 1.97. The summed E-state index contributed by atoms with van der Waals surface area (Å²) < 4.78 is 5.75. The minimum atomic E-state index is -0.0594. The van der Waals surface area contributed by atoms with Gasteiger partial charge in [0.1, 0.15) is 11.3 Å². The summed E-state index contributed by atoms with van der Waals surface area (Å²) in [6, 6.07) is 12.0. The second-order valence-electron chi connectivity index (χ2n) is 5.04. The average molecular weight is 311 g/mol. The molecule has 2 heterocycles. The van der Waals surface area contributed by atoms with Gasteiger partial charge in [-0.1, -0.05) is 18.2 Å². The largest absolute Gasteiger partial charge is 0.461 e. The third-order valence-electron chi connectivity index (χ3n) is 3.35. The number of para-hydroxylation sites is 1. The van der Waals surface area contributed by atoms with Gasteiger partial charge in [0.25, 0.3) is 0 Å². The molecule has 1 amide bonds. The predicted octanol–water partition coefficient (Wildman–Crippen LogP) is 4.26. The van der Waals surface area contributed by atoms with Gasteiger partial charge in [-0.15, -0.1) is 0 Å². The molecule has 0 fully saturated rings. The molecule has 2 aromatic heterocycles.